The molecule has 5 rings (SSSR count). The second kappa shape index (κ2) is 9.61. The van der Waals surface area contributed by atoms with Gasteiger partial charge in [-0.2, -0.15) is 4.39 Å². The van der Waals surface area contributed by atoms with Gasteiger partial charge in [0.25, 0.3) is 0 Å². The van der Waals surface area contributed by atoms with Gasteiger partial charge in [-0.15, -0.1) is 0 Å². The Balaban J connectivity index is 0.00000304. The van der Waals surface area contributed by atoms with Crippen molar-refractivity contribution in [3.8, 4) is 17.0 Å². The minimum absolute atomic E-state index is 0. The number of hydrogen-bond donors (Lipinski definition) is 1. The smallest absolute Gasteiger partial charge is 0.341 e. The summed E-state index contributed by atoms with van der Waals surface area (Å²) in [6.07, 6.45) is 5.25. The number of aromatic nitrogens is 3. The monoisotopic (exact) mass is 493 g/mol. The van der Waals surface area contributed by atoms with E-state index in [0.717, 1.165) is 48.0 Å². The molecule has 0 radical (unpaired) electrons. The molecular weight excluding hydrogens is 469 g/mol. The first-order valence-corrected chi connectivity index (χ1v) is 10.8. The third-order valence-electron chi connectivity index (χ3n) is 5.99. The lowest BCUT2D eigenvalue weighted by molar-refractivity contribution is -0.387. The summed E-state index contributed by atoms with van der Waals surface area (Å²) >= 11 is 0. The number of aryl methyl sites for hydroxylation is 2. The number of nitro benzene ring substituents is 1. The summed E-state index contributed by atoms with van der Waals surface area (Å²) in [7, 11) is 2.59. The normalized spacial score (nSPS) is 12.1. The molecular formula is C25H24FN5O5. The van der Waals surface area contributed by atoms with Gasteiger partial charge in [0.1, 0.15) is 11.3 Å². The van der Waals surface area contributed by atoms with E-state index in [1.807, 2.05) is 18.3 Å². The summed E-state index contributed by atoms with van der Waals surface area (Å²) in [6.45, 7) is 0.841. The quantitative estimate of drug-likeness (QED) is 0.219. The van der Waals surface area contributed by atoms with Crippen LogP contribution in [0.4, 0.5) is 21.7 Å². The third kappa shape index (κ3) is 4.08. The number of rotatable bonds is 6. The number of carbonyl (C=O) groups excluding carboxylic acids is 1. The number of para-hydroxylation sites is 1. The molecule has 186 valence electrons. The molecule has 0 spiro atoms. The summed E-state index contributed by atoms with van der Waals surface area (Å²) in [5, 5.41) is 15.0. The lowest BCUT2D eigenvalue weighted by atomic mass is 10.0. The van der Waals surface area contributed by atoms with Gasteiger partial charge < -0.3 is 19.4 Å². The highest BCUT2D eigenvalue weighted by atomic mass is 19.1. The van der Waals surface area contributed by atoms with E-state index in [-0.39, 0.29) is 30.4 Å². The van der Waals surface area contributed by atoms with Crippen LogP contribution in [-0.2, 0) is 17.7 Å². The standard InChI is InChI=1S/C24H20FN5O5.CH4/c1-34-20-9-17(25)19(30(32)33)10-18(20)27-24-26-11-15(23(31)35-2)21(28-24)16-12-29-8-4-6-13-5-3-7-14(16)22(13)29;/h3,5,7,9-12H,4,6,8H2,1-2H3,(H,26,27,28);1H4. The Morgan fingerprint density at radius 2 is 2.08 bits per heavy atom. The Kier molecular flexibility index (Phi) is 6.56. The Morgan fingerprint density at radius 3 is 2.81 bits per heavy atom. The molecule has 1 N–H and O–H groups in total. The van der Waals surface area contributed by atoms with E-state index in [1.165, 1.54) is 26.0 Å². The van der Waals surface area contributed by atoms with Crippen molar-refractivity contribution in [1.82, 2.24) is 14.5 Å². The zero-order valence-corrected chi connectivity index (χ0v) is 18.9. The molecule has 0 fully saturated rings. The van der Waals surface area contributed by atoms with E-state index in [4.69, 9.17) is 9.47 Å². The molecule has 4 aromatic rings. The lowest BCUT2D eigenvalue weighted by Gasteiger charge is -2.14. The van der Waals surface area contributed by atoms with Crippen LogP contribution in [0, 0.1) is 15.9 Å². The molecule has 2 aromatic heterocycles. The molecule has 0 bridgehead atoms. The molecule has 0 saturated heterocycles. The Morgan fingerprint density at radius 1 is 1.28 bits per heavy atom. The lowest BCUT2D eigenvalue weighted by Crippen LogP contribution is -2.09. The number of esters is 1. The second-order valence-corrected chi connectivity index (χ2v) is 7.99. The zero-order valence-electron chi connectivity index (χ0n) is 18.9. The molecule has 3 heterocycles. The first-order chi connectivity index (χ1) is 16.9. The zero-order chi connectivity index (χ0) is 24.7. The summed E-state index contributed by atoms with van der Waals surface area (Å²) in [4.78, 5) is 31.7. The van der Waals surface area contributed by atoms with Crippen LogP contribution in [0.25, 0.3) is 22.2 Å². The topological polar surface area (TPSA) is 121 Å². The van der Waals surface area contributed by atoms with Crippen molar-refractivity contribution in [1.29, 1.82) is 0 Å². The second-order valence-electron chi connectivity index (χ2n) is 7.99. The predicted molar refractivity (Wildman–Crippen MR) is 132 cm³/mol. The maximum Gasteiger partial charge on any atom is 0.341 e. The van der Waals surface area contributed by atoms with Gasteiger partial charge in [-0.05, 0) is 18.4 Å². The molecule has 0 unspecified atom stereocenters. The molecule has 36 heavy (non-hydrogen) atoms. The van der Waals surface area contributed by atoms with E-state index in [2.05, 4.69) is 25.9 Å². The number of carbonyl (C=O) groups is 1. The fourth-order valence-electron chi connectivity index (χ4n) is 4.42. The van der Waals surface area contributed by atoms with Crippen molar-refractivity contribution in [3.05, 3.63) is 69.8 Å². The van der Waals surface area contributed by atoms with Crippen LogP contribution in [0.2, 0.25) is 0 Å². The molecule has 1 aliphatic heterocycles. The minimum atomic E-state index is -1.03. The van der Waals surface area contributed by atoms with Crippen molar-refractivity contribution in [2.24, 2.45) is 0 Å². The molecule has 11 heteroatoms. The molecule has 0 aliphatic carbocycles. The number of halogens is 1. The van der Waals surface area contributed by atoms with Gasteiger partial charge in [0.15, 0.2) is 0 Å². The largest absolute Gasteiger partial charge is 0.494 e. The van der Waals surface area contributed by atoms with Gasteiger partial charge in [0.05, 0.1) is 36.0 Å². The average molecular weight is 493 g/mol. The number of nitrogens with zero attached hydrogens (tertiary/aromatic N) is 4. The first-order valence-electron chi connectivity index (χ1n) is 10.8. The first kappa shape index (κ1) is 24.6. The number of nitro groups is 1. The van der Waals surface area contributed by atoms with E-state index < -0.39 is 22.4 Å². The number of anilines is 2. The van der Waals surface area contributed by atoms with Crippen LogP contribution in [-0.4, -0.2) is 39.6 Å². The number of methoxy groups -OCH3 is 2. The van der Waals surface area contributed by atoms with Gasteiger partial charge in [-0.25, -0.2) is 14.8 Å². The van der Waals surface area contributed by atoms with Gasteiger partial charge in [-0.1, -0.05) is 25.6 Å². The average Bonchev–Trinajstić information content (AvgIpc) is 3.24. The minimum Gasteiger partial charge on any atom is -0.494 e. The van der Waals surface area contributed by atoms with Crippen LogP contribution in [0.15, 0.2) is 42.7 Å². The van der Waals surface area contributed by atoms with Gasteiger partial charge >= 0.3 is 11.7 Å². The van der Waals surface area contributed by atoms with E-state index in [0.29, 0.717) is 5.69 Å². The van der Waals surface area contributed by atoms with Crippen molar-refractivity contribution >= 4 is 34.2 Å². The molecule has 0 amide bonds. The number of benzene rings is 2. The summed E-state index contributed by atoms with van der Waals surface area (Å²) in [6, 6.07) is 7.95. The highest BCUT2D eigenvalue weighted by Crippen LogP contribution is 2.37. The van der Waals surface area contributed by atoms with Crippen molar-refractivity contribution in [2.75, 3.05) is 19.5 Å². The van der Waals surface area contributed by atoms with E-state index >= 15 is 0 Å². The van der Waals surface area contributed by atoms with Gasteiger partial charge in [0.2, 0.25) is 11.8 Å². The molecule has 0 saturated carbocycles. The fourth-order valence-corrected chi connectivity index (χ4v) is 4.42. The number of hydrogen-bond acceptors (Lipinski definition) is 8. The van der Waals surface area contributed by atoms with E-state index in [9.17, 15) is 19.3 Å². The Bertz CT molecular complexity index is 1500. The van der Waals surface area contributed by atoms with Crippen molar-refractivity contribution in [3.63, 3.8) is 0 Å². The Labute approximate surface area is 205 Å². The maximum atomic E-state index is 14.1. The van der Waals surface area contributed by atoms with Crippen LogP contribution >= 0.6 is 0 Å². The predicted octanol–water partition coefficient (Wildman–Crippen LogP) is 5.27. The molecule has 2 aromatic carbocycles. The highest BCUT2D eigenvalue weighted by Gasteiger charge is 2.24. The van der Waals surface area contributed by atoms with Crippen LogP contribution in [0.3, 0.4) is 0 Å². The highest BCUT2D eigenvalue weighted by molar-refractivity contribution is 6.03. The van der Waals surface area contributed by atoms with Crippen LogP contribution in [0.5, 0.6) is 5.75 Å². The molecule has 1 aliphatic rings. The Hall–Kier alpha value is -4.54. The van der Waals surface area contributed by atoms with Crippen molar-refractivity contribution < 1.29 is 23.6 Å². The van der Waals surface area contributed by atoms with Crippen LogP contribution < -0.4 is 10.1 Å². The summed E-state index contributed by atoms with van der Waals surface area (Å²) in [5.41, 5.74) is 2.91. The maximum absolute atomic E-state index is 14.1. The summed E-state index contributed by atoms with van der Waals surface area (Å²) < 4.78 is 26.3. The molecule has 10 nitrogen and oxygen atoms in total. The third-order valence-corrected chi connectivity index (χ3v) is 5.99. The van der Waals surface area contributed by atoms with Crippen molar-refractivity contribution in [2.45, 2.75) is 26.8 Å². The fraction of sp³-hybridized carbons (Fsp3) is 0.240. The van der Waals surface area contributed by atoms with Crippen LogP contribution in [0.1, 0.15) is 29.8 Å². The van der Waals surface area contributed by atoms with Gasteiger partial charge in [0, 0.05) is 42.0 Å². The van der Waals surface area contributed by atoms with Gasteiger partial charge in [-0.3, -0.25) is 10.1 Å². The van der Waals surface area contributed by atoms with E-state index in [1.54, 1.807) is 0 Å². The number of ether oxygens (including phenoxy) is 2. The summed E-state index contributed by atoms with van der Waals surface area (Å²) in [5.74, 6) is -1.57. The SMILES string of the molecule is C.COC(=O)c1cnc(Nc2cc([N+](=O)[O-])c(F)cc2OC)nc1-c1cn2c3c(cccc13)CCC2. The molecule has 0 atom stereocenters. The number of nitrogens with one attached hydrogen (secondary N) is 1.